The Hall–Kier alpha value is -3.48. The first-order valence-electron chi connectivity index (χ1n) is 10.3. The van der Waals surface area contributed by atoms with Crippen molar-refractivity contribution >= 4 is 55.7 Å². The predicted molar refractivity (Wildman–Crippen MR) is 132 cm³/mol. The van der Waals surface area contributed by atoms with Crippen LogP contribution in [0, 0.1) is 13.8 Å². The molecule has 1 fully saturated rings. The number of ketones is 1. The highest BCUT2D eigenvalue weighted by molar-refractivity contribution is 7.22. The lowest BCUT2D eigenvalue weighted by atomic mass is 9.95. The quantitative estimate of drug-likeness (QED) is 0.218. The van der Waals surface area contributed by atoms with Gasteiger partial charge in [0.05, 0.1) is 21.8 Å². The first kappa shape index (κ1) is 21.4. The first-order valence-corrected chi connectivity index (χ1v) is 11.5. The number of aliphatic hydroxyl groups excluding tert-OH is 1. The van der Waals surface area contributed by atoms with Crippen LogP contribution in [0.15, 0.2) is 72.3 Å². The van der Waals surface area contributed by atoms with Crippen LogP contribution in [0.5, 0.6) is 0 Å². The molecule has 5 rings (SSSR count). The highest BCUT2D eigenvalue weighted by atomic mass is 35.5. The van der Waals surface area contributed by atoms with Gasteiger partial charge in [0.2, 0.25) is 0 Å². The average Bonchev–Trinajstić information content (AvgIpc) is 3.33. The lowest BCUT2D eigenvalue weighted by Crippen LogP contribution is -2.29. The smallest absolute Gasteiger partial charge is 0.301 e. The second-order valence-corrected chi connectivity index (χ2v) is 9.46. The SMILES string of the molecule is Cc1cc(C)c2nc(N3C(=O)C(=O)/C(=C(/O)c4ccccc4)[C@@H]3c3ccc(Cl)cc3)sc2c1. The summed E-state index contributed by atoms with van der Waals surface area (Å²) in [5.74, 6) is -1.69. The molecule has 0 unspecified atom stereocenters. The number of carbonyl (C=O) groups is 2. The topological polar surface area (TPSA) is 70.5 Å². The Labute approximate surface area is 199 Å². The van der Waals surface area contributed by atoms with Gasteiger partial charge in [0.15, 0.2) is 5.13 Å². The molecule has 1 saturated heterocycles. The van der Waals surface area contributed by atoms with Gasteiger partial charge in [-0.15, -0.1) is 0 Å². The van der Waals surface area contributed by atoms with Crippen molar-refractivity contribution in [3.63, 3.8) is 0 Å². The minimum atomic E-state index is -0.829. The van der Waals surface area contributed by atoms with Crippen LogP contribution in [-0.4, -0.2) is 21.8 Å². The van der Waals surface area contributed by atoms with Crippen LogP contribution in [0.2, 0.25) is 5.02 Å². The van der Waals surface area contributed by atoms with Crippen molar-refractivity contribution in [1.82, 2.24) is 4.98 Å². The van der Waals surface area contributed by atoms with E-state index in [2.05, 4.69) is 0 Å². The maximum atomic E-state index is 13.3. The van der Waals surface area contributed by atoms with Crippen LogP contribution in [0.25, 0.3) is 16.0 Å². The summed E-state index contributed by atoms with van der Waals surface area (Å²) in [6.07, 6.45) is 0. The highest BCUT2D eigenvalue weighted by Crippen LogP contribution is 2.44. The number of anilines is 1. The van der Waals surface area contributed by atoms with Crippen LogP contribution in [0.1, 0.15) is 28.3 Å². The molecule has 1 N–H and O–H groups in total. The number of fused-ring (bicyclic) bond motifs is 1. The van der Waals surface area contributed by atoms with Crippen LogP contribution >= 0.6 is 22.9 Å². The number of hydrogen-bond donors (Lipinski definition) is 1. The largest absolute Gasteiger partial charge is 0.507 e. The van der Waals surface area contributed by atoms with Crippen molar-refractivity contribution in [2.24, 2.45) is 0 Å². The van der Waals surface area contributed by atoms with Gasteiger partial charge in [-0.1, -0.05) is 71.5 Å². The molecule has 1 aromatic heterocycles. The van der Waals surface area contributed by atoms with E-state index in [1.807, 2.05) is 32.0 Å². The number of aromatic nitrogens is 1. The van der Waals surface area contributed by atoms with Gasteiger partial charge in [-0.3, -0.25) is 14.5 Å². The second kappa shape index (κ2) is 8.14. The third kappa shape index (κ3) is 3.61. The maximum Gasteiger partial charge on any atom is 0.301 e. The van der Waals surface area contributed by atoms with Gasteiger partial charge in [0.1, 0.15) is 5.76 Å². The molecule has 0 saturated carbocycles. The third-order valence-corrected chi connectivity index (χ3v) is 6.96. The Morgan fingerprint density at radius 3 is 2.42 bits per heavy atom. The summed E-state index contributed by atoms with van der Waals surface area (Å²) in [4.78, 5) is 32.6. The van der Waals surface area contributed by atoms with E-state index in [0.29, 0.717) is 21.3 Å². The number of thiazole rings is 1. The summed E-state index contributed by atoms with van der Waals surface area (Å²) in [7, 11) is 0. The lowest BCUT2D eigenvalue weighted by Gasteiger charge is -2.23. The second-order valence-electron chi connectivity index (χ2n) is 8.01. The van der Waals surface area contributed by atoms with Crippen LogP contribution < -0.4 is 4.90 Å². The Morgan fingerprint density at radius 2 is 1.73 bits per heavy atom. The first-order chi connectivity index (χ1) is 15.8. The van der Waals surface area contributed by atoms with Gasteiger partial charge >= 0.3 is 5.91 Å². The van der Waals surface area contributed by atoms with Crippen molar-refractivity contribution < 1.29 is 14.7 Å². The van der Waals surface area contributed by atoms with E-state index in [0.717, 1.165) is 21.3 Å². The van der Waals surface area contributed by atoms with Crippen molar-refractivity contribution in [3.05, 3.63) is 99.6 Å². The minimum Gasteiger partial charge on any atom is -0.507 e. The molecule has 3 aromatic carbocycles. The fourth-order valence-corrected chi connectivity index (χ4v) is 5.50. The number of amides is 1. The third-order valence-electron chi connectivity index (χ3n) is 5.70. The molecule has 5 nitrogen and oxygen atoms in total. The fraction of sp³-hybridized carbons (Fsp3) is 0.115. The van der Waals surface area contributed by atoms with E-state index in [-0.39, 0.29) is 11.3 Å². The molecule has 1 aliphatic rings. The highest BCUT2D eigenvalue weighted by Gasteiger charge is 2.48. The molecule has 33 heavy (non-hydrogen) atoms. The Kier molecular flexibility index (Phi) is 5.27. The van der Waals surface area contributed by atoms with Gasteiger partial charge < -0.3 is 5.11 Å². The van der Waals surface area contributed by atoms with E-state index in [1.165, 1.54) is 16.2 Å². The zero-order valence-corrected chi connectivity index (χ0v) is 19.4. The molecule has 0 bridgehead atoms. The van der Waals surface area contributed by atoms with Gasteiger partial charge in [0.25, 0.3) is 5.78 Å². The minimum absolute atomic E-state index is 0.0284. The molecule has 0 aliphatic carbocycles. The number of benzene rings is 3. The molecule has 7 heteroatoms. The predicted octanol–water partition coefficient (Wildman–Crippen LogP) is 6.19. The number of aryl methyl sites for hydroxylation is 2. The standard InChI is InChI=1S/C26H19ClN2O3S/c1-14-12-15(2)21-19(13-14)33-26(28-21)29-22(16-8-10-18(27)11-9-16)20(24(31)25(29)32)23(30)17-6-4-3-5-7-17/h3-13,22,30H,1-2H3/b23-20+/t22-/m0/s1. The van der Waals surface area contributed by atoms with E-state index >= 15 is 0 Å². The molecular weight excluding hydrogens is 456 g/mol. The zero-order chi connectivity index (χ0) is 23.3. The molecule has 1 aliphatic heterocycles. The van der Waals surface area contributed by atoms with E-state index in [1.54, 1.807) is 48.5 Å². The molecule has 1 amide bonds. The molecule has 2 heterocycles. The van der Waals surface area contributed by atoms with Gasteiger partial charge in [-0.25, -0.2) is 4.98 Å². The van der Waals surface area contributed by atoms with Crippen LogP contribution in [-0.2, 0) is 9.59 Å². The normalized spacial score (nSPS) is 17.8. The number of rotatable bonds is 3. The van der Waals surface area contributed by atoms with E-state index in [4.69, 9.17) is 16.6 Å². The van der Waals surface area contributed by atoms with Gasteiger partial charge in [-0.2, -0.15) is 0 Å². The Morgan fingerprint density at radius 1 is 1.03 bits per heavy atom. The van der Waals surface area contributed by atoms with Crippen molar-refractivity contribution in [2.75, 3.05) is 4.90 Å². The summed E-state index contributed by atoms with van der Waals surface area (Å²) in [5.41, 5.74) is 4.03. The molecule has 1 atom stereocenters. The number of carbonyl (C=O) groups excluding carboxylic acids is 2. The van der Waals surface area contributed by atoms with Crippen LogP contribution in [0.4, 0.5) is 5.13 Å². The number of halogens is 1. The molecule has 0 spiro atoms. The number of Topliss-reactive ketones (excluding diaryl/α,β-unsaturated/α-hetero) is 1. The van der Waals surface area contributed by atoms with Crippen molar-refractivity contribution in [1.29, 1.82) is 0 Å². The number of hydrogen-bond acceptors (Lipinski definition) is 5. The summed E-state index contributed by atoms with van der Waals surface area (Å²) in [5, 5.41) is 12.1. The van der Waals surface area contributed by atoms with Gasteiger partial charge in [-0.05, 0) is 48.7 Å². The molecule has 0 radical (unpaired) electrons. The molecule has 164 valence electrons. The lowest BCUT2D eigenvalue weighted by molar-refractivity contribution is -0.132. The summed E-state index contributed by atoms with van der Waals surface area (Å²) < 4.78 is 0.933. The van der Waals surface area contributed by atoms with E-state index < -0.39 is 17.7 Å². The zero-order valence-electron chi connectivity index (χ0n) is 17.9. The number of aliphatic hydroxyl groups is 1. The average molecular weight is 475 g/mol. The Balaban J connectivity index is 1.75. The summed E-state index contributed by atoms with van der Waals surface area (Å²) in [6, 6.07) is 18.9. The van der Waals surface area contributed by atoms with E-state index in [9.17, 15) is 14.7 Å². The van der Waals surface area contributed by atoms with Crippen molar-refractivity contribution in [2.45, 2.75) is 19.9 Å². The van der Waals surface area contributed by atoms with Gasteiger partial charge in [0, 0.05) is 10.6 Å². The van der Waals surface area contributed by atoms with Crippen LogP contribution in [0.3, 0.4) is 0 Å². The summed E-state index contributed by atoms with van der Waals surface area (Å²) in [6.45, 7) is 3.98. The summed E-state index contributed by atoms with van der Waals surface area (Å²) >= 11 is 7.44. The monoisotopic (exact) mass is 474 g/mol. The van der Waals surface area contributed by atoms with Crippen molar-refractivity contribution in [3.8, 4) is 0 Å². The number of nitrogens with zero attached hydrogens (tertiary/aromatic N) is 2. The Bertz CT molecular complexity index is 1440. The molecular formula is C26H19ClN2O3S. The molecule has 4 aromatic rings. The fourth-order valence-electron chi connectivity index (χ4n) is 4.20. The maximum absolute atomic E-state index is 13.3.